The van der Waals surface area contributed by atoms with E-state index in [-0.39, 0.29) is 5.41 Å². The molecular formula is C50H39N. The number of benzene rings is 8. The fourth-order valence-electron chi connectivity index (χ4n) is 8.22. The topological polar surface area (TPSA) is 3.24 Å². The first kappa shape index (κ1) is 30.8. The molecule has 8 aromatic rings. The molecule has 0 saturated heterocycles. The van der Waals surface area contributed by atoms with Gasteiger partial charge in [0.05, 0.1) is 0 Å². The van der Waals surface area contributed by atoms with Gasteiger partial charge in [-0.3, -0.25) is 0 Å². The van der Waals surface area contributed by atoms with Crippen molar-refractivity contribution in [2.75, 3.05) is 4.90 Å². The van der Waals surface area contributed by atoms with Crippen LogP contribution in [-0.2, 0) is 12.0 Å². The van der Waals surface area contributed by atoms with Gasteiger partial charge >= 0.3 is 0 Å². The van der Waals surface area contributed by atoms with Crippen molar-refractivity contribution >= 4 is 22.1 Å². The Labute approximate surface area is 301 Å². The lowest BCUT2D eigenvalue weighted by Gasteiger charge is -2.29. The first-order chi connectivity index (χ1) is 25.1. The molecule has 1 nitrogen and oxygen atoms in total. The Bertz CT molecular complexity index is 2500. The molecule has 0 amide bonds. The smallest absolute Gasteiger partial charge is 0.0487 e. The number of nitrogens with zero attached hydrogens (tertiary/aromatic N) is 1. The van der Waals surface area contributed by atoms with Gasteiger partial charge in [0.15, 0.2) is 0 Å². The number of anilines is 2. The van der Waals surface area contributed by atoms with Gasteiger partial charge in [0.1, 0.15) is 0 Å². The summed E-state index contributed by atoms with van der Waals surface area (Å²) in [7, 11) is 0. The molecule has 244 valence electrons. The number of hydrogen-bond donors (Lipinski definition) is 0. The molecule has 0 unspecified atom stereocenters. The Morgan fingerprint density at radius 2 is 0.980 bits per heavy atom. The summed E-state index contributed by atoms with van der Waals surface area (Å²) in [6, 6.07) is 68.7. The van der Waals surface area contributed by atoms with Gasteiger partial charge in [-0.1, -0.05) is 172 Å². The van der Waals surface area contributed by atoms with Crippen LogP contribution in [0.4, 0.5) is 11.4 Å². The zero-order valence-electron chi connectivity index (χ0n) is 29.1. The standard InChI is InChI=1S/C50H39N/c1-50(2)47-33-42(30-31-45(47)48-46(38-20-10-5-11-21-38)32-39-22-12-15-25-44(39)49(48)50)51(41-28-26-36(27-29-41)35-16-6-3-7-17-35)34-40-23-13-14-24-43(40)37-18-8-4-9-19-37/h3-33H,34H2,1-2H3. The summed E-state index contributed by atoms with van der Waals surface area (Å²) >= 11 is 0. The van der Waals surface area contributed by atoms with Gasteiger partial charge < -0.3 is 4.90 Å². The molecule has 0 N–H and O–H groups in total. The first-order valence-corrected chi connectivity index (χ1v) is 17.9. The molecule has 1 aliphatic carbocycles. The average Bonchev–Trinajstić information content (AvgIpc) is 3.44. The number of fused-ring (bicyclic) bond motifs is 5. The van der Waals surface area contributed by atoms with Crippen molar-refractivity contribution in [1.82, 2.24) is 0 Å². The molecule has 0 aliphatic heterocycles. The monoisotopic (exact) mass is 653 g/mol. The summed E-state index contributed by atoms with van der Waals surface area (Å²) in [5.41, 5.74) is 16.4. The van der Waals surface area contributed by atoms with Gasteiger partial charge in [-0.2, -0.15) is 0 Å². The summed E-state index contributed by atoms with van der Waals surface area (Å²) in [4.78, 5) is 2.49. The fourth-order valence-corrected chi connectivity index (χ4v) is 8.22. The van der Waals surface area contributed by atoms with Crippen LogP contribution in [0.5, 0.6) is 0 Å². The highest BCUT2D eigenvalue weighted by atomic mass is 15.1. The Hall–Kier alpha value is -6.18. The Morgan fingerprint density at radius 3 is 1.69 bits per heavy atom. The summed E-state index contributed by atoms with van der Waals surface area (Å²) in [6.45, 7) is 5.55. The quantitative estimate of drug-likeness (QED) is 0.165. The third-order valence-electron chi connectivity index (χ3n) is 10.7. The van der Waals surface area contributed by atoms with Gasteiger partial charge in [0, 0.05) is 23.3 Å². The maximum Gasteiger partial charge on any atom is 0.0487 e. The van der Waals surface area contributed by atoms with Crippen LogP contribution in [0.15, 0.2) is 188 Å². The van der Waals surface area contributed by atoms with Gasteiger partial charge in [0.25, 0.3) is 0 Å². The fraction of sp³-hybridized carbons (Fsp3) is 0.0800. The van der Waals surface area contributed by atoms with E-state index in [0.29, 0.717) is 0 Å². The molecule has 0 atom stereocenters. The SMILES string of the molecule is CC1(C)c2cc(N(Cc3ccccc3-c3ccccc3)c3ccc(-c4ccccc4)cc3)ccc2-c2c(-c3ccccc3)cc3ccccc3c21. The van der Waals surface area contributed by atoms with E-state index < -0.39 is 0 Å². The summed E-state index contributed by atoms with van der Waals surface area (Å²) in [5.74, 6) is 0. The largest absolute Gasteiger partial charge is 0.337 e. The van der Waals surface area contributed by atoms with Gasteiger partial charge in [-0.25, -0.2) is 0 Å². The van der Waals surface area contributed by atoms with Crippen molar-refractivity contribution < 1.29 is 0 Å². The molecule has 0 bridgehead atoms. The molecule has 1 heteroatoms. The average molecular weight is 654 g/mol. The molecule has 0 spiro atoms. The molecule has 0 radical (unpaired) electrons. The lowest BCUT2D eigenvalue weighted by Crippen LogP contribution is -2.19. The van der Waals surface area contributed by atoms with Crippen LogP contribution in [0, 0.1) is 0 Å². The highest BCUT2D eigenvalue weighted by Gasteiger charge is 2.39. The van der Waals surface area contributed by atoms with Gasteiger partial charge in [-0.05, 0) is 102 Å². The first-order valence-electron chi connectivity index (χ1n) is 17.9. The minimum Gasteiger partial charge on any atom is -0.337 e. The molecule has 0 fully saturated rings. The summed E-state index contributed by atoms with van der Waals surface area (Å²) < 4.78 is 0. The van der Waals surface area contributed by atoms with E-state index in [0.717, 1.165) is 6.54 Å². The van der Waals surface area contributed by atoms with Gasteiger partial charge in [0.2, 0.25) is 0 Å². The second-order valence-corrected chi connectivity index (χ2v) is 14.1. The third kappa shape index (κ3) is 5.43. The van der Waals surface area contributed by atoms with Gasteiger partial charge in [-0.15, -0.1) is 0 Å². The molecule has 8 aromatic carbocycles. The lowest BCUT2D eigenvalue weighted by atomic mass is 9.79. The van der Waals surface area contributed by atoms with Crippen molar-refractivity contribution in [2.24, 2.45) is 0 Å². The normalized spacial score (nSPS) is 12.7. The Morgan fingerprint density at radius 1 is 0.431 bits per heavy atom. The second-order valence-electron chi connectivity index (χ2n) is 14.1. The van der Waals surface area contributed by atoms with Crippen LogP contribution >= 0.6 is 0 Å². The minimum absolute atomic E-state index is 0.199. The minimum atomic E-state index is -0.199. The highest BCUT2D eigenvalue weighted by molar-refractivity contribution is 6.05. The molecule has 0 heterocycles. The van der Waals surface area contributed by atoms with Crippen LogP contribution < -0.4 is 4.90 Å². The summed E-state index contributed by atoms with van der Waals surface area (Å²) in [5, 5.41) is 2.62. The maximum atomic E-state index is 2.49. The second kappa shape index (κ2) is 12.6. The van der Waals surface area contributed by atoms with Crippen molar-refractivity contribution in [3.05, 3.63) is 205 Å². The Balaban J connectivity index is 1.21. The molecular weight excluding hydrogens is 615 g/mol. The van der Waals surface area contributed by atoms with E-state index in [1.807, 2.05) is 0 Å². The third-order valence-corrected chi connectivity index (χ3v) is 10.7. The number of rotatable bonds is 7. The van der Waals surface area contributed by atoms with E-state index >= 15 is 0 Å². The predicted octanol–water partition coefficient (Wildman–Crippen LogP) is 13.5. The maximum absolute atomic E-state index is 2.49. The number of hydrogen-bond acceptors (Lipinski definition) is 1. The van der Waals surface area contributed by atoms with Crippen LogP contribution in [-0.4, -0.2) is 0 Å². The van der Waals surface area contributed by atoms with Crippen LogP contribution in [0.3, 0.4) is 0 Å². The van der Waals surface area contributed by atoms with Crippen molar-refractivity contribution in [2.45, 2.75) is 25.8 Å². The van der Waals surface area contributed by atoms with E-state index in [4.69, 9.17) is 0 Å². The molecule has 51 heavy (non-hydrogen) atoms. The van der Waals surface area contributed by atoms with Crippen molar-refractivity contribution in [3.63, 3.8) is 0 Å². The van der Waals surface area contributed by atoms with E-state index in [1.165, 1.54) is 83.3 Å². The molecule has 1 aliphatic rings. The summed E-state index contributed by atoms with van der Waals surface area (Å²) in [6.07, 6.45) is 0. The predicted molar refractivity (Wildman–Crippen MR) is 217 cm³/mol. The van der Waals surface area contributed by atoms with E-state index in [2.05, 4.69) is 207 Å². The Kier molecular flexibility index (Phi) is 7.63. The molecule has 9 rings (SSSR count). The van der Waals surface area contributed by atoms with E-state index in [1.54, 1.807) is 0 Å². The molecule has 0 aromatic heterocycles. The lowest BCUT2D eigenvalue weighted by molar-refractivity contribution is 0.666. The van der Waals surface area contributed by atoms with Crippen LogP contribution in [0.25, 0.3) is 55.3 Å². The van der Waals surface area contributed by atoms with Crippen LogP contribution in [0.2, 0.25) is 0 Å². The molecule has 0 saturated carbocycles. The highest BCUT2D eigenvalue weighted by Crippen LogP contribution is 2.55. The van der Waals surface area contributed by atoms with E-state index in [9.17, 15) is 0 Å². The zero-order valence-corrected chi connectivity index (χ0v) is 29.1. The van der Waals surface area contributed by atoms with Crippen molar-refractivity contribution in [3.8, 4) is 44.5 Å². The zero-order chi connectivity index (χ0) is 34.4. The van der Waals surface area contributed by atoms with Crippen molar-refractivity contribution in [1.29, 1.82) is 0 Å². The van der Waals surface area contributed by atoms with Crippen LogP contribution in [0.1, 0.15) is 30.5 Å².